The Morgan fingerprint density at radius 3 is 2.35 bits per heavy atom. The molecule has 7 heteroatoms. The Bertz CT molecular complexity index is 392. The van der Waals surface area contributed by atoms with Gasteiger partial charge in [-0.05, 0) is 34.6 Å². The molecular formula is C13H24N2O4S. The molecule has 1 atom stereocenters. The number of likely N-dealkylation sites (N-methyl/N-ethyl adjacent to an activating group) is 1. The van der Waals surface area contributed by atoms with Crippen LogP contribution in [0.3, 0.4) is 0 Å². The van der Waals surface area contributed by atoms with E-state index in [0.29, 0.717) is 5.75 Å². The van der Waals surface area contributed by atoms with Crippen molar-refractivity contribution >= 4 is 23.8 Å². The highest BCUT2D eigenvalue weighted by Crippen LogP contribution is 2.40. The SMILES string of the molecule is CON(C)C(=O)C1CSC(C)(C)N1C(=O)OC(C)(C)C. The Labute approximate surface area is 124 Å². The van der Waals surface area contributed by atoms with E-state index in [0.717, 1.165) is 5.06 Å². The lowest BCUT2D eigenvalue weighted by atomic mass is 10.2. The lowest BCUT2D eigenvalue weighted by molar-refractivity contribution is -0.173. The van der Waals surface area contributed by atoms with Gasteiger partial charge in [-0.25, -0.2) is 9.86 Å². The van der Waals surface area contributed by atoms with Gasteiger partial charge in [-0.2, -0.15) is 0 Å². The molecule has 0 saturated carbocycles. The van der Waals surface area contributed by atoms with Gasteiger partial charge in [0.25, 0.3) is 5.91 Å². The summed E-state index contributed by atoms with van der Waals surface area (Å²) < 4.78 is 5.41. The third-order valence-corrected chi connectivity index (χ3v) is 4.33. The van der Waals surface area contributed by atoms with E-state index < -0.39 is 22.6 Å². The minimum absolute atomic E-state index is 0.253. The van der Waals surface area contributed by atoms with Crippen molar-refractivity contribution < 1.29 is 19.2 Å². The first kappa shape index (κ1) is 17.1. The highest BCUT2D eigenvalue weighted by molar-refractivity contribution is 8.00. The number of nitrogens with zero attached hydrogens (tertiary/aromatic N) is 2. The van der Waals surface area contributed by atoms with Crippen LogP contribution in [-0.4, -0.2) is 58.4 Å². The Morgan fingerprint density at radius 1 is 1.35 bits per heavy atom. The third kappa shape index (κ3) is 3.79. The second-order valence-corrected chi connectivity index (χ2v) is 7.76. The maximum Gasteiger partial charge on any atom is 0.412 e. The molecule has 0 bridgehead atoms. The van der Waals surface area contributed by atoms with Crippen LogP contribution in [0.15, 0.2) is 0 Å². The number of carbonyl (C=O) groups excluding carboxylic acids is 2. The maximum absolute atomic E-state index is 12.4. The summed E-state index contributed by atoms with van der Waals surface area (Å²) in [6, 6.07) is -0.574. The van der Waals surface area contributed by atoms with Crippen molar-refractivity contribution in [3.05, 3.63) is 0 Å². The molecule has 1 fully saturated rings. The van der Waals surface area contributed by atoms with Gasteiger partial charge in [-0.15, -0.1) is 11.8 Å². The maximum atomic E-state index is 12.4. The third-order valence-electron chi connectivity index (χ3n) is 2.95. The summed E-state index contributed by atoms with van der Waals surface area (Å²) in [6.45, 7) is 9.22. The molecule has 0 radical (unpaired) electrons. The summed E-state index contributed by atoms with van der Waals surface area (Å²) >= 11 is 1.55. The number of hydrogen-bond acceptors (Lipinski definition) is 5. The summed E-state index contributed by atoms with van der Waals surface area (Å²) in [5, 5.41) is 1.14. The molecule has 0 aromatic heterocycles. The number of rotatable bonds is 2. The number of hydrogen-bond donors (Lipinski definition) is 0. The number of amides is 2. The standard InChI is InChI=1S/C13H24N2O4S/c1-12(2,3)19-11(17)15-9(8-20-13(15,4)5)10(16)14(6)18-7/h9H,8H2,1-7H3. The van der Waals surface area contributed by atoms with Crippen LogP contribution in [0, 0.1) is 0 Å². The predicted octanol–water partition coefficient (Wildman–Crippen LogP) is 2.09. The van der Waals surface area contributed by atoms with Crippen LogP contribution >= 0.6 is 11.8 Å². The van der Waals surface area contributed by atoms with E-state index in [9.17, 15) is 9.59 Å². The van der Waals surface area contributed by atoms with E-state index in [-0.39, 0.29) is 5.91 Å². The largest absolute Gasteiger partial charge is 0.444 e. The van der Waals surface area contributed by atoms with Crippen LogP contribution < -0.4 is 0 Å². The van der Waals surface area contributed by atoms with Crippen LogP contribution in [0.4, 0.5) is 4.79 Å². The predicted molar refractivity (Wildman–Crippen MR) is 78.2 cm³/mol. The van der Waals surface area contributed by atoms with Gasteiger partial charge in [0.05, 0.1) is 12.0 Å². The lowest BCUT2D eigenvalue weighted by Gasteiger charge is -2.36. The van der Waals surface area contributed by atoms with Gasteiger partial charge < -0.3 is 4.74 Å². The molecule has 0 N–H and O–H groups in total. The lowest BCUT2D eigenvalue weighted by Crippen LogP contribution is -2.54. The molecule has 0 spiro atoms. The van der Waals surface area contributed by atoms with Crippen molar-refractivity contribution in [2.24, 2.45) is 0 Å². The first-order valence-electron chi connectivity index (χ1n) is 6.47. The zero-order valence-corrected chi connectivity index (χ0v) is 14.0. The minimum atomic E-state index is -0.596. The van der Waals surface area contributed by atoms with Gasteiger partial charge in [0.2, 0.25) is 0 Å². The van der Waals surface area contributed by atoms with Gasteiger partial charge in [0.15, 0.2) is 0 Å². The molecule has 0 aromatic carbocycles. The van der Waals surface area contributed by atoms with Gasteiger partial charge in [0.1, 0.15) is 11.6 Å². The van der Waals surface area contributed by atoms with E-state index in [1.54, 1.807) is 32.5 Å². The van der Waals surface area contributed by atoms with E-state index >= 15 is 0 Å². The van der Waals surface area contributed by atoms with Crippen molar-refractivity contribution in [3.8, 4) is 0 Å². The average molecular weight is 304 g/mol. The molecule has 1 saturated heterocycles. The Kier molecular flexibility index (Phi) is 4.97. The molecule has 1 aliphatic heterocycles. The summed E-state index contributed by atoms with van der Waals surface area (Å²) in [4.78, 5) is 30.6. The molecule has 0 aromatic rings. The smallest absolute Gasteiger partial charge is 0.412 e. The Morgan fingerprint density at radius 2 is 1.90 bits per heavy atom. The molecule has 0 aliphatic carbocycles. The fraction of sp³-hybridized carbons (Fsp3) is 0.846. The van der Waals surface area contributed by atoms with E-state index in [1.807, 2.05) is 13.8 Å². The topological polar surface area (TPSA) is 59.1 Å². The number of carbonyl (C=O) groups is 2. The molecule has 1 heterocycles. The number of ether oxygens (including phenoxy) is 1. The van der Waals surface area contributed by atoms with Crippen LogP contribution in [0.2, 0.25) is 0 Å². The Hall–Kier alpha value is -0.950. The molecular weight excluding hydrogens is 280 g/mol. The van der Waals surface area contributed by atoms with Crippen LogP contribution in [0.5, 0.6) is 0 Å². The Balaban J connectivity index is 2.97. The molecule has 20 heavy (non-hydrogen) atoms. The normalized spacial score (nSPS) is 21.8. The molecule has 116 valence electrons. The van der Waals surface area contributed by atoms with Crippen molar-refractivity contribution in [2.45, 2.75) is 51.1 Å². The van der Waals surface area contributed by atoms with Crippen molar-refractivity contribution in [2.75, 3.05) is 19.9 Å². The highest BCUT2D eigenvalue weighted by Gasteiger charge is 2.49. The first-order valence-corrected chi connectivity index (χ1v) is 7.46. The monoisotopic (exact) mass is 304 g/mol. The van der Waals surface area contributed by atoms with Gasteiger partial charge in [0, 0.05) is 12.8 Å². The molecule has 1 unspecified atom stereocenters. The van der Waals surface area contributed by atoms with E-state index in [4.69, 9.17) is 9.57 Å². The molecule has 1 rings (SSSR count). The van der Waals surface area contributed by atoms with Crippen molar-refractivity contribution in [3.63, 3.8) is 0 Å². The van der Waals surface area contributed by atoms with E-state index in [2.05, 4.69) is 0 Å². The van der Waals surface area contributed by atoms with Crippen molar-refractivity contribution in [1.29, 1.82) is 0 Å². The fourth-order valence-electron chi connectivity index (χ4n) is 1.94. The minimum Gasteiger partial charge on any atom is -0.444 e. The van der Waals surface area contributed by atoms with Gasteiger partial charge in [-0.3, -0.25) is 14.5 Å². The van der Waals surface area contributed by atoms with E-state index in [1.165, 1.54) is 19.1 Å². The summed E-state index contributed by atoms with van der Waals surface area (Å²) in [5.41, 5.74) is -0.596. The van der Waals surface area contributed by atoms with Crippen LogP contribution in [0.1, 0.15) is 34.6 Å². The highest BCUT2D eigenvalue weighted by atomic mass is 32.2. The zero-order valence-electron chi connectivity index (χ0n) is 13.2. The molecule has 6 nitrogen and oxygen atoms in total. The van der Waals surface area contributed by atoms with Crippen molar-refractivity contribution in [1.82, 2.24) is 9.96 Å². The molecule has 1 aliphatic rings. The second-order valence-electron chi connectivity index (χ2n) is 6.14. The average Bonchev–Trinajstić information content (AvgIpc) is 2.60. The van der Waals surface area contributed by atoms with Gasteiger partial charge in [-0.1, -0.05) is 0 Å². The number of hydroxylamine groups is 2. The number of thioether (sulfide) groups is 1. The zero-order chi connectivity index (χ0) is 15.7. The van der Waals surface area contributed by atoms with Crippen LogP contribution in [0.25, 0.3) is 0 Å². The fourth-order valence-corrected chi connectivity index (χ4v) is 3.14. The second kappa shape index (κ2) is 5.81. The van der Waals surface area contributed by atoms with Crippen LogP contribution in [-0.2, 0) is 14.4 Å². The summed E-state index contributed by atoms with van der Waals surface area (Å²) in [6.07, 6.45) is -0.477. The first-order chi connectivity index (χ1) is 8.99. The quantitative estimate of drug-likeness (QED) is 0.731. The molecule has 2 amide bonds. The summed E-state index contributed by atoms with van der Waals surface area (Å²) in [5.74, 6) is 0.273. The van der Waals surface area contributed by atoms with Gasteiger partial charge >= 0.3 is 6.09 Å². The summed E-state index contributed by atoms with van der Waals surface area (Å²) in [7, 11) is 2.95.